The van der Waals surface area contributed by atoms with Gasteiger partial charge in [0.2, 0.25) is 5.91 Å². The lowest BCUT2D eigenvalue weighted by molar-refractivity contribution is -0.111. The first-order valence-corrected chi connectivity index (χ1v) is 11.0. The molecule has 35 heavy (non-hydrogen) atoms. The second-order valence-corrected chi connectivity index (χ2v) is 7.89. The van der Waals surface area contributed by atoms with Gasteiger partial charge in [0.05, 0.1) is 6.54 Å². The molecular formula is C26H22N8O. The summed E-state index contributed by atoms with van der Waals surface area (Å²) in [6.45, 7) is 0.623. The van der Waals surface area contributed by atoms with E-state index >= 15 is 0 Å². The van der Waals surface area contributed by atoms with E-state index in [0.717, 1.165) is 27.9 Å². The van der Waals surface area contributed by atoms with Gasteiger partial charge in [-0.25, -0.2) is 4.68 Å². The summed E-state index contributed by atoms with van der Waals surface area (Å²) in [6.07, 6.45) is 8.68. The minimum absolute atomic E-state index is 0.258. The first-order chi connectivity index (χ1) is 17.2. The van der Waals surface area contributed by atoms with E-state index in [2.05, 4.69) is 38.0 Å². The summed E-state index contributed by atoms with van der Waals surface area (Å²) in [5.41, 5.74) is 5.05. The van der Waals surface area contributed by atoms with Gasteiger partial charge in [0.15, 0.2) is 5.82 Å². The van der Waals surface area contributed by atoms with Crippen molar-refractivity contribution in [2.75, 3.05) is 5.32 Å². The van der Waals surface area contributed by atoms with Crippen LogP contribution in [0.2, 0.25) is 0 Å². The number of aryl methyl sites for hydroxylation is 1. The van der Waals surface area contributed by atoms with Crippen LogP contribution in [-0.2, 0) is 18.4 Å². The summed E-state index contributed by atoms with van der Waals surface area (Å²) in [5, 5.41) is 19.2. The maximum Gasteiger partial charge on any atom is 0.248 e. The Hall–Kier alpha value is -4.92. The number of hydrogen-bond acceptors (Lipinski definition) is 6. The largest absolute Gasteiger partial charge is 0.322 e. The molecule has 1 amide bonds. The van der Waals surface area contributed by atoms with Crippen molar-refractivity contribution in [3.63, 3.8) is 0 Å². The second kappa shape index (κ2) is 9.92. The fraction of sp³-hybridized carbons (Fsp3) is 0.0769. The fourth-order valence-electron chi connectivity index (χ4n) is 3.70. The molecule has 9 heteroatoms. The summed E-state index contributed by atoms with van der Waals surface area (Å²) in [7, 11) is 1.77. The van der Waals surface area contributed by atoms with Gasteiger partial charge in [-0.3, -0.25) is 14.5 Å². The zero-order valence-corrected chi connectivity index (χ0v) is 19.0. The summed E-state index contributed by atoms with van der Waals surface area (Å²) < 4.78 is 3.45. The zero-order valence-electron chi connectivity index (χ0n) is 19.0. The van der Waals surface area contributed by atoms with Crippen molar-refractivity contribution in [1.29, 1.82) is 0 Å². The van der Waals surface area contributed by atoms with Crippen LogP contribution in [0, 0.1) is 0 Å². The maximum absolute atomic E-state index is 12.7. The van der Waals surface area contributed by atoms with Crippen LogP contribution < -0.4 is 5.32 Å². The molecule has 0 unspecified atom stereocenters. The Kier molecular flexibility index (Phi) is 6.21. The topological polar surface area (TPSA) is 103 Å². The van der Waals surface area contributed by atoms with E-state index < -0.39 is 0 Å². The average Bonchev–Trinajstić information content (AvgIpc) is 3.50. The van der Waals surface area contributed by atoms with Crippen molar-refractivity contribution in [3.8, 4) is 22.6 Å². The molecule has 0 atom stereocenters. The molecule has 0 fully saturated rings. The number of nitrogens with one attached hydrogen (secondary N) is 1. The first-order valence-electron chi connectivity index (χ1n) is 11.0. The highest BCUT2D eigenvalue weighted by Crippen LogP contribution is 2.23. The standard InChI is InChI=1S/C26H22N8O/c1-33-26(29-31-32-33)20-9-5-11-23(15-20)28-24(35)13-12-22-18-34(17-19-7-3-2-4-8-19)30-25(22)21-10-6-14-27-16-21/h2-16,18H,17H2,1H3,(H,28,35)/b13-12+. The van der Waals surface area contributed by atoms with Crippen LogP contribution in [0.15, 0.2) is 91.4 Å². The number of benzene rings is 2. The van der Waals surface area contributed by atoms with Gasteiger partial charge in [-0.2, -0.15) is 5.10 Å². The van der Waals surface area contributed by atoms with E-state index in [1.54, 1.807) is 30.2 Å². The lowest BCUT2D eigenvalue weighted by Crippen LogP contribution is -2.07. The summed E-state index contributed by atoms with van der Waals surface area (Å²) in [4.78, 5) is 16.9. The van der Waals surface area contributed by atoms with Crippen molar-refractivity contribution >= 4 is 17.7 Å². The van der Waals surface area contributed by atoms with E-state index in [1.807, 2.05) is 65.5 Å². The number of hydrogen-bond donors (Lipinski definition) is 1. The summed E-state index contributed by atoms with van der Waals surface area (Å²) in [5.74, 6) is 0.356. The first kappa shape index (κ1) is 21.9. The third kappa shape index (κ3) is 5.19. The maximum atomic E-state index is 12.7. The SMILES string of the molecule is Cn1nnnc1-c1cccc(NC(=O)/C=C/c2cn(Cc3ccccc3)nc2-c2cccnc2)c1. The van der Waals surface area contributed by atoms with Gasteiger partial charge in [0.25, 0.3) is 0 Å². The number of aromatic nitrogens is 7. The van der Waals surface area contributed by atoms with Crippen LogP contribution in [0.25, 0.3) is 28.7 Å². The number of tetrazole rings is 1. The highest BCUT2D eigenvalue weighted by atomic mass is 16.1. The molecule has 0 aliphatic rings. The molecule has 9 nitrogen and oxygen atoms in total. The molecule has 0 aliphatic carbocycles. The predicted molar refractivity (Wildman–Crippen MR) is 133 cm³/mol. The average molecular weight is 463 g/mol. The number of amides is 1. The molecule has 172 valence electrons. The van der Waals surface area contributed by atoms with Gasteiger partial charge >= 0.3 is 0 Å². The van der Waals surface area contributed by atoms with Crippen molar-refractivity contribution in [3.05, 3.63) is 103 Å². The van der Waals surface area contributed by atoms with Crippen molar-refractivity contribution < 1.29 is 4.79 Å². The highest BCUT2D eigenvalue weighted by Gasteiger charge is 2.11. The van der Waals surface area contributed by atoms with Gasteiger partial charge in [0.1, 0.15) is 5.69 Å². The van der Waals surface area contributed by atoms with Gasteiger partial charge in [-0.15, -0.1) is 5.10 Å². The fourth-order valence-corrected chi connectivity index (χ4v) is 3.70. The van der Waals surface area contributed by atoms with Crippen LogP contribution in [0.4, 0.5) is 5.69 Å². The zero-order chi connectivity index (χ0) is 24.0. The Labute approximate surface area is 201 Å². The molecule has 3 heterocycles. The Morgan fingerprint density at radius 2 is 1.89 bits per heavy atom. The second-order valence-electron chi connectivity index (χ2n) is 7.89. The molecule has 5 rings (SSSR count). The van der Waals surface area contributed by atoms with Crippen LogP contribution in [-0.4, -0.2) is 40.9 Å². The third-order valence-corrected chi connectivity index (χ3v) is 5.34. The Bertz CT molecular complexity index is 1470. The number of pyridine rings is 1. The van der Waals surface area contributed by atoms with E-state index in [-0.39, 0.29) is 5.91 Å². The van der Waals surface area contributed by atoms with Gasteiger partial charge in [-0.1, -0.05) is 42.5 Å². The number of anilines is 1. The Morgan fingerprint density at radius 1 is 1.03 bits per heavy atom. The molecule has 0 spiro atoms. The number of rotatable bonds is 7. The van der Waals surface area contributed by atoms with Gasteiger partial charge in [0, 0.05) is 54.1 Å². The van der Waals surface area contributed by atoms with Crippen molar-refractivity contribution in [2.24, 2.45) is 7.05 Å². The highest BCUT2D eigenvalue weighted by molar-refractivity contribution is 6.02. The monoisotopic (exact) mass is 462 g/mol. The lowest BCUT2D eigenvalue weighted by atomic mass is 10.1. The van der Waals surface area contributed by atoms with E-state index in [4.69, 9.17) is 5.10 Å². The summed E-state index contributed by atoms with van der Waals surface area (Å²) in [6, 6.07) is 21.3. The number of carbonyl (C=O) groups excluding carboxylic acids is 1. The number of carbonyl (C=O) groups is 1. The van der Waals surface area contributed by atoms with E-state index in [1.165, 1.54) is 6.08 Å². The van der Waals surface area contributed by atoms with Crippen molar-refractivity contribution in [2.45, 2.75) is 6.54 Å². The molecule has 0 radical (unpaired) electrons. The number of nitrogens with zero attached hydrogens (tertiary/aromatic N) is 7. The van der Waals surface area contributed by atoms with Gasteiger partial charge < -0.3 is 5.32 Å². The van der Waals surface area contributed by atoms with E-state index in [0.29, 0.717) is 18.1 Å². The molecular weight excluding hydrogens is 440 g/mol. The van der Waals surface area contributed by atoms with Crippen LogP contribution in [0.1, 0.15) is 11.1 Å². The minimum Gasteiger partial charge on any atom is -0.322 e. The molecule has 0 saturated carbocycles. The quantitative estimate of drug-likeness (QED) is 0.369. The molecule has 2 aromatic carbocycles. The van der Waals surface area contributed by atoms with Gasteiger partial charge in [-0.05, 0) is 46.3 Å². The molecule has 0 saturated heterocycles. The normalized spacial score (nSPS) is 11.1. The van der Waals surface area contributed by atoms with Crippen molar-refractivity contribution in [1.82, 2.24) is 35.0 Å². The lowest BCUT2D eigenvalue weighted by Gasteiger charge is -2.05. The molecule has 5 aromatic rings. The minimum atomic E-state index is -0.258. The molecule has 0 bridgehead atoms. The van der Waals surface area contributed by atoms with Crippen LogP contribution in [0.5, 0.6) is 0 Å². The Balaban J connectivity index is 1.37. The van der Waals surface area contributed by atoms with Crippen LogP contribution >= 0.6 is 0 Å². The molecule has 0 aliphatic heterocycles. The Morgan fingerprint density at radius 3 is 2.66 bits per heavy atom. The van der Waals surface area contributed by atoms with E-state index in [9.17, 15) is 4.79 Å². The van der Waals surface area contributed by atoms with Crippen LogP contribution in [0.3, 0.4) is 0 Å². The predicted octanol–water partition coefficient (Wildman–Crippen LogP) is 3.84. The summed E-state index contributed by atoms with van der Waals surface area (Å²) >= 11 is 0. The smallest absolute Gasteiger partial charge is 0.248 e. The molecule has 1 N–H and O–H groups in total. The third-order valence-electron chi connectivity index (χ3n) is 5.34. The molecule has 3 aromatic heterocycles.